The highest BCUT2D eigenvalue weighted by Crippen LogP contribution is 2.18. The lowest BCUT2D eigenvalue weighted by Gasteiger charge is -2.22. The molecule has 1 aliphatic rings. The monoisotopic (exact) mass is 234 g/mol. The fourth-order valence-corrected chi connectivity index (χ4v) is 1.96. The Labute approximate surface area is 101 Å². The van der Waals surface area contributed by atoms with Gasteiger partial charge in [0.15, 0.2) is 0 Å². The van der Waals surface area contributed by atoms with Crippen molar-refractivity contribution in [1.29, 1.82) is 0 Å². The van der Waals surface area contributed by atoms with Crippen molar-refractivity contribution in [3.8, 4) is 0 Å². The Morgan fingerprint density at radius 3 is 2.71 bits per heavy atom. The Kier molecular flexibility index (Phi) is 4.31. The summed E-state index contributed by atoms with van der Waals surface area (Å²) in [5, 5.41) is 19.5. The number of hydrogen-bond donors (Lipinski definition) is 2. The van der Waals surface area contributed by atoms with E-state index < -0.39 is 12.2 Å². The first-order valence-electron chi connectivity index (χ1n) is 5.94. The first kappa shape index (κ1) is 12.3. The summed E-state index contributed by atoms with van der Waals surface area (Å²) in [7, 11) is 0. The van der Waals surface area contributed by atoms with Gasteiger partial charge in [0.25, 0.3) is 0 Å². The third-order valence-electron chi connectivity index (χ3n) is 2.95. The highest BCUT2D eigenvalue weighted by atomic mass is 16.5. The number of hydrogen-bond acceptors (Lipinski definition) is 3. The van der Waals surface area contributed by atoms with Crippen LogP contribution in [-0.2, 0) is 11.3 Å². The molecule has 3 atom stereocenters. The van der Waals surface area contributed by atoms with Crippen molar-refractivity contribution in [1.82, 2.24) is 0 Å². The molecule has 0 aliphatic heterocycles. The van der Waals surface area contributed by atoms with Crippen LogP contribution >= 0.6 is 0 Å². The minimum atomic E-state index is -0.535. The van der Waals surface area contributed by atoms with Crippen LogP contribution in [0.4, 0.5) is 0 Å². The van der Waals surface area contributed by atoms with Gasteiger partial charge in [-0.25, -0.2) is 0 Å². The summed E-state index contributed by atoms with van der Waals surface area (Å²) in [5.41, 5.74) is 1.08. The van der Waals surface area contributed by atoms with E-state index >= 15 is 0 Å². The van der Waals surface area contributed by atoms with Gasteiger partial charge in [-0.1, -0.05) is 42.5 Å². The van der Waals surface area contributed by atoms with E-state index in [0.29, 0.717) is 19.4 Å². The second-order valence-corrected chi connectivity index (χ2v) is 4.37. The number of benzene rings is 1. The second kappa shape index (κ2) is 5.96. The van der Waals surface area contributed by atoms with Gasteiger partial charge in [-0.3, -0.25) is 0 Å². The molecule has 2 rings (SSSR count). The maximum atomic E-state index is 9.86. The van der Waals surface area contributed by atoms with Crippen molar-refractivity contribution in [3.63, 3.8) is 0 Å². The molecule has 0 amide bonds. The number of aliphatic hydroxyl groups excluding tert-OH is 2. The lowest BCUT2D eigenvalue weighted by Crippen LogP contribution is -2.30. The zero-order valence-electron chi connectivity index (χ0n) is 9.70. The molecule has 1 aliphatic carbocycles. The molecule has 3 nitrogen and oxygen atoms in total. The predicted molar refractivity (Wildman–Crippen MR) is 65.4 cm³/mol. The van der Waals surface area contributed by atoms with Crippen LogP contribution in [0.15, 0.2) is 42.5 Å². The molecule has 0 fully saturated rings. The van der Waals surface area contributed by atoms with Crippen molar-refractivity contribution >= 4 is 0 Å². The quantitative estimate of drug-likeness (QED) is 0.782. The van der Waals surface area contributed by atoms with E-state index in [-0.39, 0.29) is 6.10 Å². The normalized spacial score (nSPS) is 28.9. The third-order valence-corrected chi connectivity index (χ3v) is 2.95. The smallest absolute Gasteiger partial charge is 0.0869 e. The van der Waals surface area contributed by atoms with E-state index in [2.05, 4.69) is 0 Å². The average molecular weight is 234 g/mol. The van der Waals surface area contributed by atoms with Crippen molar-refractivity contribution in [2.24, 2.45) is 0 Å². The van der Waals surface area contributed by atoms with Crippen LogP contribution in [0.3, 0.4) is 0 Å². The first-order chi connectivity index (χ1) is 8.25. The Bertz CT molecular complexity index is 361. The van der Waals surface area contributed by atoms with E-state index in [9.17, 15) is 10.2 Å². The molecule has 0 unspecified atom stereocenters. The zero-order valence-corrected chi connectivity index (χ0v) is 9.70. The standard InChI is InChI=1S/C14H18O3/c15-12-7-4-8-13(16)14(9-12)17-10-11-5-2-1-3-6-11/h1-7,12-16H,8-10H2/t12-,13-,14-/m1/s1. The molecule has 2 N–H and O–H groups in total. The second-order valence-electron chi connectivity index (χ2n) is 4.37. The summed E-state index contributed by atoms with van der Waals surface area (Å²) in [6, 6.07) is 9.84. The van der Waals surface area contributed by atoms with Crippen molar-refractivity contribution < 1.29 is 14.9 Å². The molecule has 0 spiro atoms. The highest BCUT2D eigenvalue weighted by Gasteiger charge is 2.23. The van der Waals surface area contributed by atoms with Crippen LogP contribution in [0, 0.1) is 0 Å². The zero-order chi connectivity index (χ0) is 12.1. The largest absolute Gasteiger partial charge is 0.390 e. The van der Waals surface area contributed by atoms with Crippen LogP contribution in [0.5, 0.6) is 0 Å². The Morgan fingerprint density at radius 2 is 1.94 bits per heavy atom. The Balaban J connectivity index is 1.89. The molecule has 0 bridgehead atoms. The van der Waals surface area contributed by atoms with Gasteiger partial charge in [0.1, 0.15) is 0 Å². The summed E-state index contributed by atoms with van der Waals surface area (Å²) < 4.78 is 5.68. The summed E-state index contributed by atoms with van der Waals surface area (Å²) in [6.45, 7) is 0.468. The van der Waals surface area contributed by atoms with Crippen molar-refractivity contribution in [2.75, 3.05) is 0 Å². The third kappa shape index (κ3) is 3.66. The van der Waals surface area contributed by atoms with Gasteiger partial charge in [-0.15, -0.1) is 0 Å². The molecule has 0 saturated carbocycles. The fraction of sp³-hybridized carbons (Fsp3) is 0.429. The van der Waals surface area contributed by atoms with E-state index in [0.717, 1.165) is 5.56 Å². The van der Waals surface area contributed by atoms with Crippen LogP contribution in [0.1, 0.15) is 18.4 Å². The van der Waals surface area contributed by atoms with Gasteiger partial charge in [0.2, 0.25) is 0 Å². The summed E-state index contributed by atoms with van der Waals surface area (Å²) >= 11 is 0. The molecule has 17 heavy (non-hydrogen) atoms. The SMILES string of the molecule is O[C@@H]1C=CC[C@@H](O)[C@H](OCc2ccccc2)C1. The highest BCUT2D eigenvalue weighted by molar-refractivity contribution is 5.13. The summed E-state index contributed by atoms with van der Waals surface area (Å²) in [5.74, 6) is 0. The van der Waals surface area contributed by atoms with Crippen LogP contribution in [0.2, 0.25) is 0 Å². The van der Waals surface area contributed by atoms with Gasteiger partial charge < -0.3 is 14.9 Å². The number of rotatable bonds is 3. The molecular formula is C14H18O3. The van der Waals surface area contributed by atoms with Crippen molar-refractivity contribution in [2.45, 2.75) is 37.8 Å². The van der Waals surface area contributed by atoms with E-state index in [1.165, 1.54) is 0 Å². The van der Waals surface area contributed by atoms with Gasteiger partial charge in [-0.05, 0) is 12.0 Å². The fourth-order valence-electron chi connectivity index (χ4n) is 1.96. The molecule has 0 aromatic heterocycles. The topological polar surface area (TPSA) is 49.7 Å². The molecule has 92 valence electrons. The van der Waals surface area contributed by atoms with Crippen LogP contribution in [-0.4, -0.2) is 28.5 Å². The lowest BCUT2D eigenvalue weighted by molar-refractivity contribution is -0.0582. The van der Waals surface area contributed by atoms with Crippen LogP contribution in [0.25, 0.3) is 0 Å². The number of aliphatic hydroxyl groups is 2. The first-order valence-corrected chi connectivity index (χ1v) is 5.94. The summed E-state index contributed by atoms with van der Waals surface area (Å²) in [4.78, 5) is 0. The van der Waals surface area contributed by atoms with E-state index in [1.807, 2.05) is 30.3 Å². The van der Waals surface area contributed by atoms with Crippen molar-refractivity contribution in [3.05, 3.63) is 48.0 Å². The lowest BCUT2D eigenvalue weighted by atomic mass is 10.1. The van der Waals surface area contributed by atoms with Crippen LogP contribution < -0.4 is 0 Å². The summed E-state index contributed by atoms with van der Waals surface area (Å²) in [6.07, 6.45) is 3.15. The van der Waals surface area contributed by atoms with E-state index in [4.69, 9.17) is 4.74 Å². The van der Waals surface area contributed by atoms with E-state index in [1.54, 1.807) is 12.2 Å². The molecule has 3 heteroatoms. The molecular weight excluding hydrogens is 216 g/mol. The maximum absolute atomic E-state index is 9.86. The molecule has 0 radical (unpaired) electrons. The van der Waals surface area contributed by atoms with Gasteiger partial charge in [-0.2, -0.15) is 0 Å². The number of ether oxygens (including phenoxy) is 1. The maximum Gasteiger partial charge on any atom is 0.0869 e. The Hall–Kier alpha value is -1.16. The molecule has 0 saturated heterocycles. The minimum absolute atomic E-state index is 0.305. The molecule has 1 aromatic rings. The minimum Gasteiger partial charge on any atom is -0.390 e. The molecule has 0 heterocycles. The predicted octanol–water partition coefficient (Wildman–Crippen LogP) is 1.64. The molecule has 1 aromatic carbocycles. The van der Waals surface area contributed by atoms with Gasteiger partial charge >= 0.3 is 0 Å². The van der Waals surface area contributed by atoms with Gasteiger partial charge in [0, 0.05) is 6.42 Å². The van der Waals surface area contributed by atoms with Gasteiger partial charge in [0.05, 0.1) is 24.9 Å². The Morgan fingerprint density at radius 1 is 1.18 bits per heavy atom. The average Bonchev–Trinajstić information content (AvgIpc) is 2.50.